The Kier molecular flexibility index (Phi) is 4.73. The highest BCUT2D eigenvalue weighted by atomic mass is 79.9. The number of anilines is 1. The van der Waals surface area contributed by atoms with E-state index in [0.717, 1.165) is 12.8 Å². The zero-order chi connectivity index (χ0) is 15.0. The molecule has 1 aromatic carbocycles. The van der Waals surface area contributed by atoms with Crippen molar-refractivity contribution in [1.29, 1.82) is 0 Å². The van der Waals surface area contributed by atoms with Gasteiger partial charge in [-0.1, -0.05) is 6.42 Å². The molecule has 112 valence electrons. The molecule has 0 saturated heterocycles. The molecule has 0 unspecified atom stereocenters. The number of sulfonamides is 1. The monoisotopic (exact) mass is 378 g/mol. The molecule has 4 nitrogen and oxygen atoms in total. The zero-order valence-corrected chi connectivity index (χ0v) is 14.8. The van der Waals surface area contributed by atoms with Crippen LogP contribution in [0.15, 0.2) is 21.5 Å². The van der Waals surface area contributed by atoms with E-state index in [1.165, 1.54) is 12.5 Å². The molecule has 0 aromatic heterocycles. The molecule has 0 bridgehead atoms. The van der Waals surface area contributed by atoms with Gasteiger partial charge in [0, 0.05) is 21.5 Å². The van der Waals surface area contributed by atoms with Crippen LogP contribution in [0.3, 0.4) is 0 Å². The van der Waals surface area contributed by atoms with Crippen molar-refractivity contribution in [2.24, 2.45) is 0 Å². The maximum Gasteiger partial charge on any atom is 0.240 e. The minimum atomic E-state index is -3.51. The van der Waals surface area contributed by atoms with Crippen LogP contribution in [-0.4, -0.2) is 26.0 Å². The molecule has 0 radical (unpaired) electrons. The van der Waals surface area contributed by atoms with Gasteiger partial charge >= 0.3 is 0 Å². The van der Waals surface area contributed by atoms with Crippen LogP contribution in [0, 0.1) is 6.92 Å². The van der Waals surface area contributed by atoms with Crippen molar-refractivity contribution >= 4 is 43.4 Å². The second-order valence-corrected chi connectivity index (χ2v) is 9.07. The maximum atomic E-state index is 12.4. The molecule has 7 heteroatoms. The SMILES string of the molecule is CSC1(CNS(=O)(=O)c2cc(N)c(Br)cc2C)CCC1. The van der Waals surface area contributed by atoms with Gasteiger partial charge in [0.15, 0.2) is 0 Å². The average molecular weight is 379 g/mol. The third-order valence-electron chi connectivity index (χ3n) is 3.87. The molecule has 1 saturated carbocycles. The Morgan fingerprint density at radius 2 is 2.10 bits per heavy atom. The fraction of sp³-hybridized carbons (Fsp3) is 0.538. The van der Waals surface area contributed by atoms with Crippen molar-refractivity contribution in [3.63, 3.8) is 0 Å². The standard InChI is InChI=1S/C13H19BrN2O2S2/c1-9-6-10(14)11(15)7-12(9)20(17,18)16-8-13(19-2)4-3-5-13/h6-7,16H,3-5,8,15H2,1-2H3. The second kappa shape index (κ2) is 5.87. The number of nitrogens with one attached hydrogen (secondary N) is 1. The highest BCUT2D eigenvalue weighted by Gasteiger charge is 2.37. The van der Waals surface area contributed by atoms with E-state index >= 15 is 0 Å². The van der Waals surface area contributed by atoms with Gasteiger partial charge < -0.3 is 5.73 Å². The van der Waals surface area contributed by atoms with E-state index in [1.807, 2.05) is 6.26 Å². The van der Waals surface area contributed by atoms with Crippen LogP contribution >= 0.6 is 27.7 Å². The Morgan fingerprint density at radius 1 is 1.45 bits per heavy atom. The van der Waals surface area contributed by atoms with Gasteiger partial charge in [0.05, 0.1) is 4.90 Å². The van der Waals surface area contributed by atoms with Crippen LogP contribution in [-0.2, 0) is 10.0 Å². The van der Waals surface area contributed by atoms with Crippen LogP contribution in [0.1, 0.15) is 24.8 Å². The molecule has 20 heavy (non-hydrogen) atoms. The number of rotatable bonds is 5. The summed E-state index contributed by atoms with van der Waals surface area (Å²) in [5.74, 6) is 0. The molecule has 2 rings (SSSR count). The van der Waals surface area contributed by atoms with Crippen LogP contribution in [0.5, 0.6) is 0 Å². The first-order chi connectivity index (χ1) is 9.30. The molecule has 1 aromatic rings. The van der Waals surface area contributed by atoms with Crippen LogP contribution in [0.2, 0.25) is 0 Å². The summed E-state index contributed by atoms with van der Waals surface area (Å²) >= 11 is 5.05. The lowest BCUT2D eigenvalue weighted by atomic mass is 9.84. The summed E-state index contributed by atoms with van der Waals surface area (Å²) in [6.07, 6.45) is 5.35. The number of hydrogen-bond donors (Lipinski definition) is 2. The predicted molar refractivity (Wildman–Crippen MR) is 88.6 cm³/mol. The quantitative estimate of drug-likeness (QED) is 0.772. The van der Waals surface area contributed by atoms with Gasteiger partial charge in [-0.05, 0) is 59.6 Å². The van der Waals surface area contributed by atoms with Gasteiger partial charge in [0.1, 0.15) is 0 Å². The molecule has 0 amide bonds. The molecular formula is C13H19BrN2O2S2. The first kappa shape index (κ1) is 16.1. The van der Waals surface area contributed by atoms with Gasteiger partial charge in [0.2, 0.25) is 10.0 Å². The third-order valence-corrected chi connectivity index (χ3v) is 7.51. The molecule has 0 aliphatic heterocycles. The maximum absolute atomic E-state index is 12.4. The van der Waals surface area contributed by atoms with Crippen molar-refractivity contribution in [3.05, 3.63) is 22.2 Å². The van der Waals surface area contributed by atoms with Gasteiger partial charge in [-0.25, -0.2) is 13.1 Å². The number of hydrogen-bond acceptors (Lipinski definition) is 4. The van der Waals surface area contributed by atoms with Crippen molar-refractivity contribution in [1.82, 2.24) is 4.72 Å². The van der Waals surface area contributed by atoms with Crippen molar-refractivity contribution in [2.75, 3.05) is 18.5 Å². The van der Waals surface area contributed by atoms with Crippen LogP contribution in [0.25, 0.3) is 0 Å². The largest absolute Gasteiger partial charge is 0.398 e. The van der Waals surface area contributed by atoms with Crippen molar-refractivity contribution < 1.29 is 8.42 Å². The Labute approximate surface area is 133 Å². The lowest BCUT2D eigenvalue weighted by molar-refractivity contribution is 0.362. The molecule has 0 spiro atoms. The van der Waals surface area contributed by atoms with E-state index in [9.17, 15) is 8.42 Å². The highest BCUT2D eigenvalue weighted by Crippen LogP contribution is 2.42. The summed E-state index contributed by atoms with van der Waals surface area (Å²) in [6.45, 7) is 2.25. The number of nitrogen functional groups attached to an aromatic ring is 1. The smallest absolute Gasteiger partial charge is 0.240 e. The Bertz CT molecular complexity index is 608. The molecule has 1 aliphatic rings. The first-order valence-corrected chi connectivity index (χ1v) is 9.90. The number of thioether (sulfide) groups is 1. The summed E-state index contributed by atoms with van der Waals surface area (Å²) in [5.41, 5.74) is 6.90. The van der Waals surface area contributed by atoms with E-state index in [2.05, 4.69) is 20.7 Å². The molecule has 1 fully saturated rings. The number of halogens is 1. The summed E-state index contributed by atoms with van der Waals surface area (Å²) in [6, 6.07) is 3.24. The Morgan fingerprint density at radius 3 is 2.60 bits per heavy atom. The summed E-state index contributed by atoms with van der Waals surface area (Å²) in [5, 5.41) is 0. The first-order valence-electron chi connectivity index (χ1n) is 6.40. The highest BCUT2D eigenvalue weighted by molar-refractivity contribution is 9.10. The van der Waals surface area contributed by atoms with Crippen LogP contribution < -0.4 is 10.5 Å². The van der Waals surface area contributed by atoms with E-state index < -0.39 is 10.0 Å². The van der Waals surface area contributed by atoms with E-state index in [1.54, 1.807) is 24.8 Å². The fourth-order valence-electron chi connectivity index (χ4n) is 2.29. The minimum absolute atomic E-state index is 0.0713. The summed E-state index contributed by atoms with van der Waals surface area (Å²) < 4.78 is 28.4. The van der Waals surface area contributed by atoms with Crippen LogP contribution in [0.4, 0.5) is 5.69 Å². The van der Waals surface area contributed by atoms with Gasteiger partial charge in [-0.2, -0.15) is 11.8 Å². The average Bonchev–Trinajstić information content (AvgIpc) is 2.32. The Hall–Kier alpha value is -0.240. The molecule has 1 aliphatic carbocycles. The third kappa shape index (κ3) is 3.16. The number of aryl methyl sites for hydroxylation is 1. The minimum Gasteiger partial charge on any atom is -0.398 e. The molecule has 0 atom stereocenters. The lowest BCUT2D eigenvalue weighted by Crippen LogP contribution is -2.45. The molecular weight excluding hydrogens is 360 g/mol. The van der Waals surface area contributed by atoms with Gasteiger partial charge in [0.25, 0.3) is 0 Å². The van der Waals surface area contributed by atoms with Gasteiger partial charge in [-0.3, -0.25) is 0 Å². The van der Waals surface area contributed by atoms with E-state index in [0.29, 0.717) is 22.3 Å². The van der Waals surface area contributed by atoms with Gasteiger partial charge in [-0.15, -0.1) is 0 Å². The summed E-state index contributed by atoms with van der Waals surface area (Å²) in [4.78, 5) is 0.258. The molecule has 3 N–H and O–H groups in total. The number of nitrogens with two attached hydrogens (primary N) is 1. The van der Waals surface area contributed by atoms with E-state index in [4.69, 9.17) is 5.73 Å². The normalized spacial score (nSPS) is 17.8. The Balaban J connectivity index is 2.20. The van der Waals surface area contributed by atoms with Crippen molar-refractivity contribution in [2.45, 2.75) is 35.8 Å². The molecule has 0 heterocycles. The van der Waals surface area contributed by atoms with Crippen molar-refractivity contribution in [3.8, 4) is 0 Å². The zero-order valence-electron chi connectivity index (χ0n) is 11.6. The van der Waals surface area contributed by atoms with E-state index in [-0.39, 0.29) is 9.64 Å². The fourth-order valence-corrected chi connectivity index (χ4v) is 5.14. The topological polar surface area (TPSA) is 72.2 Å². The summed E-state index contributed by atoms with van der Waals surface area (Å²) in [7, 11) is -3.51. The number of benzene rings is 1. The second-order valence-electron chi connectivity index (χ2n) is 5.20. The predicted octanol–water partition coefficient (Wildman–Crippen LogP) is 2.90. The lowest BCUT2D eigenvalue weighted by Gasteiger charge is -2.40.